The van der Waals surface area contributed by atoms with E-state index < -0.39 is 0 Å². The lowest BCUT2D eigenvalue weighted by molar-refractivity contribution is 0.164. The van der Waals surface area contributed by atoms with Crippen molar-refractivity contribution in [3.63, 3.8) is 0 Å². The maximum atomic E-state index is 5.70. The van der Waals surface area contributed by atoms with Gasteiger partial charge in [-0.25, -0.2) is 0 Å². The first-order chi connectivity index (χ1) is 11.5. The zero-order valence-corrected chi connectivity index (χ0v) is 15.5. The fourth-order valence-electron chi connectivity index (χ4n) is 4.83. The molecule has 3 nitrogen and oxygen atoms in total. The summed E-state index contributed by atoms with van der Waals surface area (Å²) < 4.78 is 5.70. The SMILES string of the molecule is BC1(B)CC1C1CCN(Cc2c(OC)cc(C)c3[nH]ccc23)CC1. The van der Waals surface area contributed by atoms with Gasteiger partial charge in [-0.2, -0.15) is 0 Å². The Morgan fingerprint density at radius 3 is 2.67 bits per heavy atom. The highest BCUT2D eigenvalue weighted by molar-refractivity contribution is 6.42. The van der Waals surface area contributed by atoms with Gasteiger partial charge in [0.05, 0.1) is 22.8 Å². The number of nitrogens with one attached hydrogen (secondary N) is 1. The van der Waals surface area contributed by atoms with Gasteiger partial charge in [-0.05, 0) is 62.4 Å². The Labute approximate surface area is 147 Å². The molecule has 1 aliphatic heterocycles. The Morgan fingerprint density at radius 1 is 1.33 bits per heavy atom. The van der Waals surface area contributed by atoms with E-state index in [2.05, 4.69) is 44.6 Å². The number of aromatic amines is 1. The number of hydrogen-bond donors (Lipinski definition) is 1. The molecule has 1 unspecified atom stereocenters. The fourth-order valence-corrected chi connectivity index (χ4v) is 4.83. The standard InChI is InChI=1S/C19H28B2N2O/c1-12-9-17(24-2)15(14-3-6-22-18(12)14)11-23-7-4-13(5-8-23)16-10-19(16,20)21/h3,6,9,13,16,22H,4-5,7-8,10-11,20-21H2,1-2H3. The van der Waals surface area contributed by atoms with Crippen molar-refractivity contribution >= 4 is 26.6 Å². The largest absolute Gasteiger partial charge is 0.496 e. The number of methoxy groups -OCH3 is 1. The smallest absolute Gasteiger partial charge is 0.124 e. The monoisotopic (exact) mass is 322 g/mol. The molecule has 2 aliphatic rings. The molecule has 1 saturated carbocycles. The first-order valence-corrected chi connectivity index (χ1v) is 9.35. The van der Waals surface area contributed by atoms with Gasteiger partial charge in [0.25, 0.3) is 0 Å². The van der Waals surface area contributed by atoms with Crippen molar-refractivity contribution < 1.29 is 4.74 Å². The molecule has 1 atom stereocenters. The van der Waals surface area contributed by atoms with Crippen LogP contribution in [0.5, 0.6) is 5.75 Å². The molecule has 0 radical (unpaired) electrons. The number of nitrogens with zero attached hydrogens (tertiary/aromatic N) is 1. The maximum absolute atomic E-state index is 5.70. The van der Waals surface area contributed by atoms with Crippen LogP contribution in [0.4, 0.5) is 0 Å². The lowest BCUT2D eigenvalue weighted by Gasteiger charge is -2.33. The summed E-state index contributed by atoms with van der Waals surface area (Å²) in [6.07, 6.45) is 6.20. The van der Waals surface area contributed by atoms with Gasteiger partial charge in [-0.1, -0.05) is 11.6 Å². The molecule has 2 heterocycles. The Balaban J connectivity index is 1.49. The van der Waals surface area contributed by atoms with Gasteiger partial charge in [0, 0.05) is 29.2 Å². The molecule has 2 aromatic rings. The fraction of sp³-hybridized carbons (Fsp3) is 0.579. The number of fused-ring (bicyclic) bond motifs is 1. The van der Waals surface area contributed by atoms with Gasteiger partial charge in [0.15, 0.2) is 0 Å². The van der Waals surface area contributed by atoms with E-state index in [0.717, 1.165) is 24.1 Å². The predicted octanol–water partition coefficient (Wildman–Crippen LogP) is 2.10. The zero-order valence-electron chi connectivity index (χ0n) is 15.5. The molecule has 2 fully saturated rings. The van der Waals surface area contributed by atoms with Crippen LogP contribution in [0.15, 0.2) is 18.3 Å². The number of likely N-dealkylation sites (tertiary alicyclic amines) is 1. The van der Waals surface area contributed by atoms with Crippen LogP contribution in [0, 0.1) is 18.8 Å². The topological polar surface area (TPSA) is 28.3 Å². The van der Waals surface area contributed by atoms with Crippen LogP contribution >= 0.6 is 0 Å². The summed E-state index contributed by atoms with van der Waals surface area (Å²) in [4.78, 5) is 6.00. The van der Waals surface area contributed by atoms with Crippen molar-refractivity contribution in [1.82, 2.24) is 9.88 Å². The van der Waals surface area contributed by atoms with Crippen LogP contribution in [0.3, 0.4) is 0 Å². The minimum Gasteiger partial charge on any atom is -0.496 e. The van der Waals surface area contributed by atoms with Crippen molar-refractivity contribution in [3.05, 3.63) is 29.5 Å². The Bertz CT molecular complexity index is 747. The van der Waals surface area contributed by atoms with Crippen molar-refractivity contribution in [3.8, 4) is 5.75 Å². The van der Waals surface area contributed by atoms with E-state index in [1.54, 1.807) is 7.11 Å². The number of rotatable bonds is 4. The molecule has 0 bridgehead atoms. The summed E-state index contributed by atoms with van der Waals surface area (Å²) >= 11 is 0. The average Bonchev–Trinajstić information content (AvgIpc) is 2.99. The maximum Gasteiger partial charge on any atom is 0.124 e. The van der Waals surface area contributed by atoms with Crippen LogP contribution in [0.25, 0.3) is 10.9 Å². The molecule has 4 rings (SSSR count). The van der Waals surface area contributed by atoms with E-state index >= 15 is 0 Å². The molecule has 5 heteroatoms. The van der Waals surface area contributed by atoms with E-state index in [1.807, 2.05) is 6.20 Å². The number of ether oxygens (including phenoxy) is 1. The van der Waals surface area contributed by atoms with E-state index in [4.69, 9.17) is 4.74 Å². The second-order valence-corrected chi connectivity index (χ2v) is 8.55. The lowest BCUT2D eigenvalue weighted by atomic mass is 9.63. The summed E-state index contributed by atoms with van der Waals surface area (Å²) in [5, 5.41) is 1.93. The van der Waals surface area contributed by atoms with Crippen LogP contribution in [-0.2, 0) is 6.54 Å². The average molecular weight is 322 g/mol. The minimum atomic E-state index is 0.615. The number of aryl methyl sites for hydroxylation is 1. The second-order valence-electron chi connectivity index (χ2n) is 8.55. The third-order valence-corrected chi connectivity index (χ3v) is 6.50. The Morgan fingerprint density at radius 2 is 2.04 bits per heavy atom. The molecule has 1 aliphatic carbocycles. The molecule has 1 aromatic carbocycles. The van der Waals surface area contributed by atoms with Crippen LogP contribution in [-0.4, -0.2) is 45.8 Å². The molecule has 126 valence electrons. The predicted molar refractivity (Wildman–Crippen MR) is 105 cm³/mol. The minimum absolute atomic E-state index is 0.615. The third-order valence-electron chi connectivity index (χ3n) is 6.50. The van der Waals surface area contributed by atoms with E-state index in [9.17, 15) is 0 Å². The Kier molecular flexibility index (Phi) is 3.95. The second kappa shape index (κ2) is 5.87. The first-order valence-electron chi connectivity index (χ1n) is 9.35. The van der Waals surface area contributed by atoms with Crippen molar-refractivity contribution in [2.45, 2.75) is 37.9 Å². The van der Waals surface area contributed by atoms with Crippen molar-refractivity contribution in [2.24, 2.45) is 11.8 Å². The molecule has 1 N–H and O–H groups in total. The van der Waals surface area contributed by atoms with Gasteiger partial charge in [0.2, 0.25) is 0 Å². The quantitative estimate of drug-likeness (QED) is 0.874. The van der Waals surface area contributed by atoms with E-state index in [0.29, 0.717) is 5.21 Å². The molecular weight excluding hydrogens is 294 g/mol. The zero-order chi connectivity index (χ0) is 16.9. The number of hydrogen-bond acceptors (Lipinski definition) is 2. The lowest BCUT2D eigenvalue weighted by Crippen LogP contribution is -2.34. The number of H-pyrrole nitrogens is 1. The summed E-state index contributed by atoms with van der Waals surface area (Å²) in [7, 11) is 6.66. The summed E-state index contributed by atoms with van der Waals surface area (Å²) in [6, 6.07) is 4.37. The van der Waals surface area contributed by atoms with Gasteiger partial charge in [0.1, 0.15) is 5.75 Å². The molecule has 24 heavy (non-hydrogen) atoms. The van der Waals surface area contributed by atoms with Crippen LogP contribution < -0.4 is 4.74 Å². The number of piperidine rings is 1. The van der Waals surface area contributed by atoms with Gasteiger partial charge in [-0.3, -0.25) is 4.90 Å². The molecular formula is C19H28B2N2O. The highest BCUT2D eigenvalue weighted by Crippen LogP contribution is 2.59. The van der Waals surface area contributed by atoms with Gasteiger partial charge >= 0.3 is 0 Å². The van der Waals surface area contributed by atoms with E-state index in [-0.39, 0.29) is 0 Å². The highest BCUT2D eigenvalue weighted by atomic mass is 16.5. The molecule has 1 aromatic heterocycles. The van der Waals surface area contributed by atoms with Gasteiger partial charge in [-0.15, -0.1) is 0 Å². The van der Waals surface area contributed by atoms with E-state index in [1.165, 1.54) is 54.4 Å². The Hall–Kier alpha value is -1.35. The number of aromatic nitrogens is 1. The van der Waals surface area contributed by atoms with Crippen LogP contribution in [0.1, 0.15) is 30.4 Å². The van der Waals surface area contributed by atoms with Crippen molar-refractivity contribution in [1.29, 1.82) is 0 Å². The summed E-state index contributed by atoms with van der Waals surface area (Å²) in [5.74, 6) is 2.96. The molecule has 1 saturated heterocycles. The third kappa shape index (κ3) is 2.77. The van der Waals surface area contributed by atoms with Crippen LogP contribution in [0.2, 0.25) is 5.21 Å². The normalized spacial score (nSPS) is 24.3. The highest BCUT2D eigenvalue weighted by Gasteiger charge is 2.49. The molecule has 0 spiro atoms. The summed E-state index contributed by atoms with van der Waals surface area (Å²) in [6.45, 7) is 5.59. The van der Waals surface area contributed by atoms with Crippen molar-refractivity contribution in [2.75, 3.05) is 20.2 Å². The van der Waals surface area contributed by atoms with Gasteiger partial charge < -0.3 is 9.72 Å². The first kappa shape index (κ1) is 16.1. The molecule has 0 amide bonds. The number of benzene rings is 1. The summed E-state index contributed by atoms with van der Waals surface area (Å²) in [5.41, 5.74) is 3.84.